The average Bonchev–Trinajstić information content (AvgIpc) is 2.27. The van der Waals surface area contributed by atoms with Crippen LogP contribution in [0.25, 0.3) is 0 Å². The molecule has 0 unspecified atom stereocenters. The lowest BCUT2D eigenvalue weighted by molar-refractivity contribution is 0.138. The molecule has 0 amide bonds. The fourth-order valence-corrected chi connectivity index (χ4v) is 4.96. The molecule has 5 nitrogen and oxygen atoms in total. The monoisotopic (exact) mass is 291 g/mol. The van der Waals surface area contributed by atoms with Crippen molar-refractivity contribution in [2.45, 2.75) is 70.9 Å². The summed E-state index contributed by atoms with van der Waals surface area (Å²) in [5.74, 6) is 0. The number of rotatable bonds is 5. The van der Waals surface area contributed by atoms with Gasteiger partial charge in [0.05, 0.1) is 0 Å². The van der Waals surface area contributed by atoms with Crippen molar-refractivity contribution in [3.05, 3.63) is 0 Å². The van der Waals surface area contributed by atoms with Crippen molar-refractivity contribution in [3.8, 4) is 0 Å². The highest BCUT2D eigenvalue weighted by molar-refractivity contribution is 7.87. The first kappa shape index (κ1) is 16.9. The molecule has 6 heteroatoms. The first-order chi connectivity index (χ1) is 8.67. The molecule has 0 aromatic rings. The first-order valence-electron chi connectivity index (χ1n) is 7.19. The Labute approximate surface area is 118 Å². The van der Waals surface area contributed by atoms with Gasteiger partial charge >= 0.3 is 0 Å². The summed E-state index contributed by atoms with van der Waals surface area (Å²) in [5, 5.41) is 0. The highest BCUT2D eigenvalue weighted by Crippen LogP contribution is 2.34. The van der Waals surface area contributed by atoms with Gasteiger partial charge < -0.3 is 5.73 Å². The van der Waals surface area contributed by atoms with Gasteiger partial charge in [0.2, 0.25) is 0 Å². The van der Waals surface area contributed by atoms with Gasteiger partial charge in [0.25, 0.3) is 10.2 Å². The number of nitrogens with one attached hydrogen (secondary N) is 1. The molecular weight excluding hydrogens is 262 g/mol. The van der Waals surface area contributed by atoms with E-state index in [1.807, 2.05) is 27.7 Å². The Hall–Kier alpha value is -0.170. The van der Waals surface area contributed by atoms with E-state index in [2.05, 4.69) is 4.72 Å². The number of likely N-dealkylation sites (N-methyl/N-ethyl adjacent to an activating group) is 1. The zero-order valence-corrected chi connectivity index (χ0v) is 13.5. The molecule has 1 saturated carbocycles. The summed E-state index contributed by atoms with van der Waals surface area (Å²) >= 11 is 0. The quantitative estimate of drug-likeness (QED) is 0.808. The Morgan fingerprint density at radius 3 is 2.11 bits per heavy atom. The Balaban J connectivity index is 3.03. The molecule has 1 rings (SSSR count). The molecular formula is C13H29N3O2S. The van der Waals surface area contributed by atoms with Crippen molar-refractivity contribution in [2.75, 3.05) is 13.1 Å². The molecule has 0 aliphatic heterocycles. The van der Waals surface area contributed by atoms with E-state index in [1.165, 1.54) is 6.42 Å². The molecule has 0 aromatic carbocycles. The second-order valence-corrected chi connectivity index (χ2v) is 8.11. The maximum atomic E-state index is 12.6. The molecule has 0 bridgehead atoms. The van der Waals surface area contributed by atoms with Gasteiger partial charge in [-0.15, -0.1) is 0 Å². The lowest BCUT2D eigenvalue weighted by Crippen LogP contribution is -2.61. The number of nitrogens with two attached hydrogens (primary N) is 1. The predicted molar refractivity (Wildman–Crippen MR) is 79.1 cm³/mol. The minimum absolute atomic E-state index is 0.395. The minimum Gasteiger partial charge on any atom is -0.329 e. The summed E-state index contributed by atoms with van der Waals surface area (Å²) in [5.41, 5.74) is 5.07. The van der Waals surface area contributed by atoms with Crippen molar-refractivity contribution in [1.82, 2.24) is 9.03 Å². The molecule has 19 heavy (non-hydrogen) atoms. The minimum atomic E-state index is -3.50. The van der Waals surface area contributed by atoms with Crippen LogP contribution >= 0.6 is 0 Å². The molecule has 0 heterocycles. The van der Waals surface area contributed by atoms with Gasteiger partial charge in [-0.1, -0.05) is 26.2 Å². The topological polar surface area (TPSA) is 75.4 Å². The fraction of sp³-hybridized carbons (Fsp3) is 1.00. The van der Waals surface area contributed by atoms with Crippen LogP contribution in [0.2, 0.25) is 0 Å². The van der Waals surface area contributed by atoms with E-state index in [-0.39, 0.29) is 0 Å². The Morgan fingerprint density at radius 2 is 1.74 bits per heavy atom. The standard InChI is InChI=1S/C13H29N3O2S/c1-5-16(19(17,18)15-12(2,3)4)13(11-14)9-7-6-8-10-13/h15H,5-11,14H2,1-4H3. The molecule has 114 valence electrons. The van der Waals surface area contributed by atoms with E-state index >= 15 is 0 Å². The van der Waals surface area contributed by atoms with Crippen molar-refractivity contribution >= 4 is 10.2 Å². The Bertz CT molecular complexity index is 381. The van der Waals surface area contributed by atoms with E-state index in [9.17, 15) is 8.42 Å². The smallest absolute Gasteiger partial charge is 0.280 e. The molecule has 1 fully saturated rings. The zero-order valence-electron chi connectivity index (χ0n) is 12.7. The number of hydrogen-bond donors (Lipinski definition) is 2. The number of nitrogens with zero attached hydrogens (tertiary/aromatic N) is 1. The van der Waals surface area contributed by atoms with Crippen LogP contribution in [0.1, 0.15) is 59.8 Å². The van der Waals surface area contributed by atoms with Gasteiger partial charge in [-0.25, -0.2) is 0 Å². The van der Waals surface area contributed by atoms with E-state index < -0.39 is 21.3 Å². The van der Waals surface area contributed by atoms with E-state index in [0.717, 1.165) is 25.7 Å². The summed E-state index contributed by atoms with van der Waals surface area (Å²) in [4.78, 5) is 0. The molecule has 3 N–H and O–H groups in total. The predicted octanol–water partition coefficient (Wildman–Crippen LogP) is 1.60. The zero-order chi connectivity index (χ0) is 14.7. The molecule has 0 saturated heterocycles. The summed E-state index contributed by atoms with van der Waals surface area (Å²) in [6.45, 7) is 8.31. The van der Waals surface area contributed by atoms with E-state index in [0.29, 0.717) is 13.1 Å². The Kier molecular flexibility index (Phi) is 5.40. The largest absolute Gasteiger partial charge is 0.329 e. The van der Waals surface area contributed by atoms with Crippen molar-refractivity contribution in [2.24, 2.45) is 5.73 Å². The first-order valence-corrected chi connectivity index (χ1v) is 8.63. The van der Waals surface area contributed by atoms with Gasteiger partial charge in [-0.3, -0.25) is 0 Å². The second kappa shape index (κ2) is 6.08. The van der Waals surface area contributed by atoms with Crippen LogP contribution in [0.3, 0.4) is 0 Å². The highest BCUT2D eigenvalue weighted by atomic mass is 32.2. The summed E-state index contributed by atoms with van der Waals surface area (Å²) in [7, 11) is -3.50. The normalized spacial score (nSPS) is 20.7. The van der Waals surface area contributed by atoms with Crippen LogP contribution < -0.4 is 10.5 Å². The summed E-state index contributed by atoms with van der Waals surface area (Å²) in [6.07, 6.45) is 5.01. The van der Waals surface area contributed by atoms with Crippen LogP contribution in [0.4, 0.5) is 0 Å². The van der Waals surface area contributed by atoms with Gasteiger partial charge in [0.1, 0.15) is 0 Å². The van der Waals surface area contributed by atoms with E-state index in [4.69, 9.17) is 5.73 Å². The Morgan fingerprint density at radius 1 is 1.21 bits per heavy atom. The van der Waals surface area contributed by atoms with Crippen LogP contribution in [-0.4, -0.2) is 36.9 Å². The van der Waals surface area contributed by atoms with Gasteiger partial charge in [-0.2, -0.15) is 17.4 Å². The maximum Gasteiger partial charge on any atom is 0.280 e. The lowest BCUT2D eigenvalue weighted by atomic mass is 9.81. The molecule has 1 aliphatic rings. The number of hydrogen-bond acceptors (Lipinski definition) is 3. The van der Waals surface area contributed by atoms with Crippen molar-refractivity contribution in [1.29, 1.82) is 0 Å². The molecule has 0 radical (unpaired) electrons. The summed E-state index contributed by atoms with van der Waals surface area (Å²) < 4.78 is 29.5. The van der Waals surface area contributed by atoms with E-state index in [1.54, 1.807) is 4.31 Å². The molecule has 0 aromatic heterocycles. The summed E-state index contributed by atoms with van der Waals surface area (Å²) in [6, 6.07) is 0. The van der Waals surface area contributed by atoms with Gasteiger partial charge in [0, 0.05) is 24.2 Å². The molecule has 0 atom stereocenters. The third-order valence-corrected chi connectivity index (χ3v) is 5.80. The molecule has 1 aliphatic carbocycles. The van der Waals surface area contributed by atoms with Gasteiger partial charge in [0.15, 0.2) is 0 Å². The third-order valence-electron chi connectivity index (χ3n) is 3.71. The van der Waals surface area contributed by atoms with Crippen LogP contribution in [0.15, 0.2) is 0 Å². The van der Waals surface area contributed by atoms with Crippen LogP contribution in [-0.2, 0) is 10.2 Å². The average molecular weight is 291 g/mol. The van der Waals surface area contributed by atoms with Gasteiger partial charge in [-0.05, 0) is 33.6 Å². The highest BCUT2D eigenvalue weighted by Gasteiger charge is 2.43. The lowest BCUT2D eigenvalue weighted by Gasteiger charge is -2.45. The van der Waals surface area contributed by atoms with Crippen molar-refractivity contribution < 1.29 is 8.42 Å². The molecule has 0 spiro atoms. The third kappa shape index (κ3) is 4.15. The van der Waals surface area contributed by atoms with Crippen LogP contribution in [0, 0.1) is 0 Å². The van der Waals surface area contributed by atoms with Crippen LogP contribution in [0.5, 0.6) is 0 Å². The SMILES string of the molecule is CCN(C1(CN)CCCCC1)S(=O)(=O)NC(C)(C)C. The van der Waals surface area contributed by atoms with Crippen molar-refractivity contribution in [3.63, 3.8) is 0 Å². The maximum absolute atomic E-state index is 12.6. The second-order valence-electron chi connectivity index (χ2n) is 6.51. The fourth-order valence-electron chi connectivity index (χ4n) is 2.97.